The first-order chi connectivity index (χ1) is 14.6. The average molecular weight is 407 g/mol. The molecule has 2 amide bonds. The zero-order valence-electron chi connectivity index (χ0n) is 17.8. The van der Waals surface area contributed by atoms with Crippen molar-refractivity contribution >= 4 is 11.8 Å². The summed E-state index contributed by atoms with van der Waals surface area (Å²) in [6.45, 7) is 2.89. The van der Waals surface area contributed by atoms with Crippen LogP contribution in [0.4, 0.5) is 0 Å². The molecule has 1 N–H and O–H groups in total. The summed E-state index contributed by atoms with van der Waals surface area (Å²) in [6.07, 6.45) is 5.62. The number of nitrogens with one attached hydrogen (secondary N) is 1. The van der Waals surface area contributed by atoms with Crippen molar-refractivity contribution in [1.29, 1.82) is 0 Å². The molecule has 2 aromatic carbocycles. The molecule has 0 aromatic heterocycles. The van der Waals surface area contributed by atoms with Gasteiger partial charge >= 0.3 is 0 Å². The van der Waals surface area contributed by atoms with Crippen LogP contribution in [0.2, 0.25) is 0 Å². The first kappa shape index (κ1) is 20.6. The summed E-state index contributed by atoms with van der Waals surface area (Å²) in [7, 11) is 1.73. The summed E-state index contributed by atoms with van der Waals surface area (Å²) in [5, 5.41) is 3.67. The van der Waals surface area contributed by atoms with Crippen LogP contribution in [0.15, 0.2) is 42.5 Å². The van der Waals surface area contributed by atoms with Crippen LogP contribution < -0.4 is 10.1 Å². The fourth-order valence-corrected chi connectivity index (χ4v) is 4.85. The molecule has 1 aliphatic carbocycles. The minimum Gasteiger partial charge on any atom is -0.496 e. The summed E-state index contributed by atoms with van der Waals surface area (Å²) >= 11 is 0. The average Bonchev–Trinajstić information content (AvgIpc) is 3.03. The molecule has 5 heteroatoms. The van der Waals surface area contributed by atoms with Crippen LogP contribution in [0.1, 0.15) is 64.4 Å². The number of aryl methyl sites for hydroxylation is 1. The van der Waals surface area contributed by atoms with E-state index in [0.717, 1.165) is 50.8 Å². The van der Waals surface area contributed by atoms with Crippen LogP contribution in [-0.4, -0.2) is 42.5 Å². The van der Waals surface area contributed by atoms with Crippen molar-refractivity contribution in [2.24, 2.45) is 0 Å². The highest BCUT2D eigenvalue weighted by Gasteiger charge is 2.39. The van der Waals surface area contributed by atoms with Crippen molar-refractivity contribution in [1.82, 2.24) is 10.2 Å². The second kappa shape index (κ2) is 9.00. The Balaban J connectivity index is 1.39. The molecule has 0 radical (unpaired) electrons. The van der Waals surface area contributed by atoms with Crippen LogP contribution in [0, 0.1) is 0 Å². The van der Waals surface area contributed by atoms with E-state index in [4.69, 9.17) is 4.74 Å². The van der Waals surface area contributed by atoms with Gasteiger partial charge in [-0.3, -0.25) is 14.5 Å². The number of methoxy groups -OCH3 is 1. The largest absolute Gasteiger partial charge is 0.496 e. The number of imide groups is 1. The van der Waals surface area contributed by atoms with Gasteiger partial charge in [0.05, 0.1) is 18.2 Å². The molecular weight excluding hydrogens is 376 g/mol. The van der Waals surface area contributed by atoms with E-state index >= 15 is 0 Å². The molecule has 0 saturated carbocycles. The molecule has 1 aliphatic heterocycles. The van der Waals surface area contributed by atoms with Gasteiger partial charge in [0.25, 0.3) is 11.8 Å². The minimum atomic E-state index is -0.148. The maximum atomic E-state index is 12.9. The van der Waals surface area contributed by atoms with E-state index in [0.29, 0.717) is 17.2 Å². The summed E-state index contributed by atoms with van der Waals surface area (Å²) in [5.41, 5.74) is 3.75. The molecule has 4 rings (SSSR count). The number of hydrogen-bond donors (Lipinski definition) is 1. The lowest BCUT2D eigenvalue weighted by atomic mass is 9.87. The van der Waals surface area contributed by atoms with Gasteiger partial charge in [-0.1, -0.05) is 37.6 Å². The fraction of sp³-hybridized carbons (Fsp3) is 0.440. The van der Waals surface area contributed by atoms with Crippen LogP contribution in [0.5, 0.6) is 5.75 Å². The van der Waals surface area contributed by atoms with Gasteiger partial charge in [0.1, 0.15) is 5.75 Å². The number of benzene rings is 2. The summed E-state index contributed by atoms with van der Waals surface area (Å²) < 4.78 is 5.55. The molecular formula is C25H30N2O3. The maximum absolute atomic E-state index is 12.9. The lowest BCUT2D eigenvalue weighted by Gasteiger charge is -2.29. The van der Waals surface area contributed by atoms with Crippen molar-refractivity contribution in [2.45, 2.75) is 57.5 Å². The number of carbonyl (C=O) groups is 2. The van der Waals surface area contributed by atoms with Crippen molar-refractivity contribution in [3.05, 3.63) is 64.7 Å². The quantitative estimate of drug-likeness (QED) is 0.674. The van der Waals surface area contributed by atoms with Crippen molar-refractivity contribution in [3.63, 3.8) is 0 Å². The number of amides is 2. The second-order valence-electron chi connectivity index (χ2n) is 8.25. The van der Waals surface area contributed by atoms with E-state index < -0.39 is 0 Å². The molecule has 158 valence electrons. The van der Waals surface area contributed by atoms with E-state index in [2.05, 4.69) is 24.4 Å². The molecule has 2 unspecified atom stereocenters. The Morgan fingerprint density at radius 1 is 1.07 bits per heavy atom. The minimum absolute atomic E-state index is 0.0692. The number of ether oxygens (including phenoxy) is 1. The van der Waals surface area contributed by atoms with Gasteiger partial charge in [-0.25, -0.2) is 0 Å². The van der Waals surface area contributed by atoms with Gasteiger partial charge in [-0.2, -0.15) is 0 Å². The molecule has 0 bridgehead atoms. The Labute approximate surface area is 178 Å². The lowest BCUT2D eigenvalue weighted by Crippen LogP contribution is -2.43. The predicted octanol–water partition coefficient (Wildman–Crippen LogP) is 4.00. The van der Waals surface area contributed by atoms with Gasteiger partial charge in [0.2, 0.25) is 0 Å². The smallest absolute Gasteiger partial charge is 0.261 e. The van der Waals surface area contributed by atoms with Gasteiger partial charge in [-0.05, 0) is 68.0 Å². The highest BCUT2D eigenvalue weighted by atomic mass is 16.5. The van der Waals surface area contributed by atoms with Crippen molar-refractivity contribution in [2.75, 3.05) is 13.7 Å². The van der Waals surface area contributed by atoms with Gasteiger partial charge in [0, 0.05) is 12.1 Å². The van der Waals surface area contributed by atoms with Gasteiger partial charge < -0.3 is 10.1 Å². The predicted molar refractivity (Wildman–Crippen MR) is 117 cm³/mol. The Morgan fingerprint density at radius 3 is 2.47 bits per heavy atom. The number of nitrogens with zero attached hydrogens (tertiary/aromatic N) is 1. The number of fused-ring (bicyclic) bond motifs is 2. The maximum Gasteiger partial charge on any atom is 0.261 e. The zero-order valence-corrected chi connectivity index (χ0v) is 17.8. The topological polar surface area (TPSA) is 58.6 Å². The Bertz CT molecular complexity index is 890. The fourth-order valence-electron chi connectivity index (χ4n) is 4.85. The van der Waals surface area contributed by atoms with Crippen LogP contribution in [0.3, 0.4) is 0 Å². The molecule has 1 heterocycles. The lowest BCUT2D eigenvalue weighted by molar-refractivity contribution is 0.0567. The molecule has 2 atom stereocenters. The van der Waals surface area contributed by atoms with Crippen LogP contribution in [0.25, 0.3) is 0 Å². The summed E-state index contributed by atoms with van der Waals surface area (Å²) in [6, 6.07) is 13.7. The molecule has 2 aliphatic rings. The zero-order chi connectivity index (χ0) is 21.1. The molecule has 2 aromatic rings. The van der Waals surface area contributed by atoms with E-state index in [1.807, 2.05) is 18.2 Å². The third-order valence-corrected chi connectivity index (χ3v) is 6.39. The number of hydrogen-bond acceptors (Lipinski definition) is 4. The van der Waals surface area contributed by atoms with E-state index in [-0.39, 0.29) is 17.9 Å². The summed E-state index contributed by atoms with van der Waals surface area (Å²) in [4.78, 5) is 27.2. The monoisotopic (exact) mass is 406 g/mol. The van der Waals surface area contributed by atoms with Crippen molar-refractivity contribution < 1.29 is 14.3 Å². The van der Waals surface area contributed by atoms with Gasteiger partial charge in [-0.15, -0.1) is 0 Å². The number of rotatable bonds is 8. The SMILES string of the molecule is CCCC(CCNC1CCc2cccc(OC)c2C1)N1C(=O)c2ccccc2C1=O. The van der Waals surface area contributed by atoms with Crippen LogP contribution in [-0.2, 0) is 12.8 Å². The third kappa shape index (κ3) is 3.86. The first-order valence-corrected chi connectivity index (χ1v) is 11.0. The molecule has 0 saturated heterocycles. The highest BCUT2D eigenvalue weighted by molar-refractivity contribution is 6.21. The van der Waals surface area contributed by atoms with Crippen LogP contribution >= 0.6 is 0 Å². The normalized spacial score (nSPS) is 18.9. The van der Waals surface area contributed by atoms with E-state index in [9.17, 15) is 9.59 Å². The highest BCUT2D eigenvalue weighted by Crippen LogP contribution is 2.30. The van der Waals surface area contributed by atoms with E-state index in [1.165, 1.54) is 16.0 Å². The molecule has 30 heavy (non-hydrogen) atoms. The second-order valence-corrected chi connectivity index (χ2v) is 8.25. The first-order valence-electron chi connectivity index (χ1n) is 11.0. The molecule has 5 nitrogen and oxygen atoms in total. The van der Waals surface area contributed by atoms with Crippen molar-refractivity contribution in [3.8, 4) is 5.75 Å². The molecule has 0 spiro atoms. The van der Waals surface area contributed by atoms with Gasteiger partial charge in [0.15, 0.2) is 0 Å². The molecule has 0 fully saturated rings. The Morgan fingerprint density at radius 2 is 1.80 bits per heavy atom. The number of carbonyl (C=O) groups excluding carboxylic acids is 2. The Kier molecular flexibility index (Phi) is 6.18. The standard InChI is InChI=1S/C25H30N2O3/c1-3-7-19(27-24(28)20-9-4-5-10-21(20)25(27)29)14-15-26-18-13-12-17-8-6-11-23(30-2)22(17)16-18/h4-6,8-11,18-19,26H,3,7,12-16H2,1-2H3. The third-order valence-electron chi connectivity index (χ3n) is 6.39. The summed E-state index contributed by atoms with van der Waals surface area (Å²) in [5.74, 6) is 0.671. The Hall–Kier alpha value is -2.66. The van der Waals surface area contributed by atoms with E-state index in [1.54, 1.807) is 19.2 Å².